The zero-order chi connectivity index (χ0) is 18.6. The lowest BCUT2D eigenvalue weighted by molar-refractivity contribution is -0.121. The molecule has 2 aromatic rings. The smallest absolute Gasteiger partial charge is 0.220 e. The molecule has 0 radical (unpaired) electrons. The topological polar surface area (TPSA) is 76.4 Å². The van der Waals surface area contributed by atoms with Crippen LogP contribution in [0.4, 0.5) is 0 Å². The van der Waals surface area contributed by atoms with Crippen molar-refractivity contribution >= 4 is 15.7 Å². The van der Waals surface area contributed by atoms with Crippen molar-refractivity contribution in [1.29, 1.82) is 0 Å². The Kier molecular flexibility index (Phi) is 6.06. The zero-order valence-corrected chi connectivity index (χ0v) is 15.9. The van der Waals surface area contributed by atoms with E-state index >= 15 is 0 Å². The molecule has 1 heterocycles. The van der Waals surface area contributed by atoms with Gasteiger partial charge in [0.1, 0.15) is 11.0 Å². The molecule has 0 bridgehead atoms. The monoisotopic (exact) mass is 363 g/mol. The number of amides is 1. The van der Waals surface area contributed by atoms with Crippen LogP contribution in [0, 0.1) is 19.8 Å². The van der Waals surface area contributed by atoms with Crippen molar-refractivity contribution in [2.24, 2.45) is 5.92 Å². The van der Waals surface area contributed by atoms with Crippen LogP contribution in [0.5, 0.6) is 0 Å². The first kappa shape index (κ1) is 19.2. The minimum atomic E-state index is -3.70. The molecule has 1 atom stereocenters. The second-order valence-corrected chi connectivity index (χ2v) is 8.83. The van der Waals surface area contributed by atoms with Gasteiger partial charge in [-0.3, -0.25) is 4.79 Å². The van der Waals surface area contributed by atoms with Crippen LogP contribution in [0.1, 0.15) is 42.4 Å². The fourth-order valence-electron chi connectivity index (χ4n) is 2.54. The molecule has 1 aromatic heterocycles. The summed E-state index contributed by atoms with van der Waals surface area (Å²) in [6.45, 7) is 7.67. The highest BCUT2D eigenvalue weighted by molar-refractivity contribution is 7.91. The van der Waals surface area contributed by atoms with Crippen molar-refractivity contribution in [2.75, 3.05) is 6.54 Å². The molecular weight excluding hydrogens is 338 g/mol. The number of furan rings is 1. The third-order valence-electron chi connectivity index (χ3n) is 4.12. The Hall–Kier alpha value is -2.08. The first-order valence-electron chi connectivity index (χ1n) is 8.33. The first-order chi connectivity index (χ1) is 11.7. The lowest BCUT2D eigenvalue weighted by atomic mass is 10.1. The number of sulfone groups is 1. The fourth-order valence-corrected chi connectivity index (χ4v) is 4.21. The molecule has 0 unspecified atom stereocenters. The van der Waals surface area contributed by atoms with Crippen LogP contribution in [-0.4, -0.2) is 20.9 Å². The standard InChI is InChI=1S/C19H25NO4S/c1-13(2)10-19(21)20-12-18(17-6-5-9-24-17)25(22,23)16-8-7-14(3)15(4)11-16/h5-9,11,13,18H,10,12H2,1-4H3,(H,20,21)/t18-/m1/s1. The van der Waals surface area contributed by atoms with E-state index in [0.29, 0.717) is 12.2 Å². The molecule has 6 heteroatoms. The minimum Gasteiger partial charge on any atom is -0.468 e. The van der Waals surface area contributed by atoms with E-state index in [0.717, 1.165) is 11.1 Å². The van der Waals surface area contributed by atoms with Gasteiger partial charge < -0.3 is 9.73 Å². The largest absolute Gasteiger partial charge is 0.468 e. The van der Waals surface area contributed by atoms with Gasteiger partial charge in [0, 0.05) is 13.0 Å². The molecular formula is C19H25NO4S. The van der Waals surface area contributed by atoms with Crippen molar-refractivity contribution in [3.8, 4) is 0 Å². The Morgan fingerprint density at radius 1 is 1.16 bits per heavy atom. The van der Waals surface area contributed by atoms with Crippen LogP contribution in [-0.2, 0) is 14.6 Å². The molecule has 0 fully saturated rings. The van der Waals surface area contributed by atoms with Gasteiger partial charge in [-0.15, -0.1) is 0 Å². The van der Waals surface area contributed by atoms with Crippen LogP contribution >= 0.6 is 0 Å². The maximum absolute atomic E-state index is 13.1. The van der Waals surface area contributed by atoms with E-state index in [2.05, 4.69) is 5.32 Å². The minimum absolute atomic E-state index is 0.0195. The number of nitrogens with one attached hydrogen (secondary N) is 1. The van der Waals surface area contributed by atoms with Gasteiger partial charge in [-0.1, -0.05) is 19.9 Å². The van der Waals surface area contributed by atoms with Crippen molar-refractivity contribution in [3.63, 3.8) is 0 Å². The molecule has 0 saturated heterocycles. The molecule has 1 aromatic carbocycles. The molecule has 1 N–H and O–H groups in total. The van der Waals surface area contributed by atoms with Crippen molar-refractivity contribution in [1.82, 2.24) is 5.32 Å². The molecule has 0 aliphatic heterocycles. The normalized spacial score (nSPS) is 13.0. The molecule has 0 spiro atoms. The van der Waals surface area contributed by atoms with Gasteiger partial charge in [0.05, 0.1) is 11.2 Å². The van der Waals surface area contributed by atoms with Gasteiger partial charge in [-0.05, 0) is 55.2 Å². The molecule has 136 valence electrons. The van der Waals surface area contributed by atoms with Gasteiger partial charge >= 0.3 is 0 Å². The van der Waals surface area contributed by atoms with E-state index < -0.39 is 15.1 Å². The van der Waals surface area contributed by atoms with E-state index in [1.54, 1.807) is 30.3 Å². The maximum Gasteiger partial charge on any atom is 0.220 e. The number of aryl methyl sites for hydroxylation is 2. The molecule has 2 rings (SSSR count). The second-order valence-electron chi connectivity index (χ2n) is 6.70. The summed E-state index contributed by atoms with van der Waals surface area (Å²) in [5.74, 6) is 0.364. The zero-order valence-electron chi connectivity index (χ0n) is 15.1. The molecule has 5 nitrogen and oxygen atoms in total. The van der Waals surface area contributed by atoms with Gasteiger partial charge in [-0.2, -0.15) is 0 Å². The lowest BCUT2D eigenvalue weighted by Crippen LogP contribution is -2.32. The van der Waals surface area contributed by atoms with E-state index in [1.807, 2.05) is 27.7 Å². The van der Waals surface area contributed by atoms with Crippen LogP contribution < -0.4 is 5.32 Å². The quantitative estimate of drug-likeness (QED) is 0.816. The summed E-state index contributed by atoms with van der Waals surface area (Å²) in [5.41, 5.74) is 1.93. The first-order valence-corrected chi connectivity index (χ1v) is 9.87. The number of carbonyl (C=O) groups excluding carboxylic acids is 1. The predicted molar refractivity (Wildman–Crippen MR) is 97.0 cm³/mol. The van der Waals surface area contributed by atoms with Gasteiger partial charge in [0.2, 0.25) is 5.91 Å². The van der Waals surface area contributed by atoms with Gasteiger partial charge in [0.15, 0.2) is 9.84 Å². The molecule has 0 saturated carbocycles. The highest BCUT2D eigenvalue weighted by atomic mass is 32.2. The molecule has 1 amide bonds. The third-order valence-corrected chi connectivity index (χ3v) is 6.18. The summed E-state index contributed by atoms with van der Waals surface area (Å²) in [6, 6.07) is 8.32. The number of hydrogen-bond acceptors (Lipinski definition) is 4. The predicted octanol–water partition coefficient (Wildman–Crippen LogP) is 3.57. The van der Waals surface area contributed by atoms with Crippen molar-refractivity contribution < 1.29 is 17.6 Å². The maximum atomic E-state index is 13.1. The van der Waals surface area contributed by atoms with Crippen LogP contribution in [0.15, 0.2) is 45.9 Å². The number of hydrogen-bond donors (Lipinski definition) is 1. The summed E-state index contributed by atoms with van der Waals surface area (Å²) in [7, 11) is -3.70. The Balaban J connectivity index is 2.31. The fraction of sp³-hybridized carbons (Fsp3) is 0.421. The summed E-state index contributed by atoms with van der Waals surface area (Å²) in [6.07, 6.45) is 1.79. The summed E-state index contributed by atoms with van der Waals surface area (Å²) < 4.78 is 31.6. The summed E-state index contributed by atoms with van der Waals surface area (Å²) >= 11 is 0. The molecule has 0 aliphatic carbocycles. The Labute approximate surface area is 149 Å². The van der Waals surface area contributed by atoms with E-state index in [1.165, 1.54) is 6.26 Å². The number of rotatable bonds is 7. The molecule has 25 heavy (non-hydrogen) atoms. The van der Waals surface area contributed by atoms with Crippen LogP contribution in [0.25, 0.3) is 0 Å². The summed E-state index contributed by atoms with van der Waals surface area (Å²) in [4.78, 5) is 12.2. The summed E-state index contributed by atoms with van der Waals surface area (Å²) in [5, 5.41) is 1.77. The Morgan fingerprint density at radius 3 is 2.44 bits per heavy atom. The van der Waals surface area contributed by atoms with Crippen LogP contribution in [0.2, 0.25) is 0 Å². The average Bonchev–Trinajstić information content (AvgIpc) is 3.03. The van der Waals surface area contributed by atoms with Crippen molar-refractivity contribution in [2.45, 2.75) is 44.3 Å². The average molecular weight is 363 g/mol. The van der Waals surface area contributed by atoms with Crippen molar-refractivity contribution in [3.05, 3.63) is 53.5 Å². The van der Waals surface area contributed by atoms with E-state index in [-0.39, 0.29) is 23.3 Å². The highest BCUT2D eigenvalue weighted by Crippen LogP contribution is 2.30. The van der Waals surface area contributed by atoms with Gasteiger partial charge in [0.25, 0.3) is 0 Å². The highest BCUT2D eigenvalue weighted by Gasteiger charge is 2.32. The van der Waals surface area contributed by atoms with Crippen LogP contribution in [0.3, 0.4) is 0 Å². The third kappa shape index (κ3) is 4.72. The SMILES string of the molecule is Cc1ccc(S(=O)(=O)[C@H](CNC(=O)CC(C)C)c2ccco2)cc1C. The van der Waals surface area contributed by atoms with Gasteiger partial charge in [-0.25, -0.2) is 8.42 Å². The Morgan fingerprint density at radius 2 is 1.88 bits per heavy atom. The van der Waals surface area contributed by atoms with E-state index in [9.17, 15) is 13.2 Å². The molecule has 0 aliphatic rings. The lowest BCUT2D eigenvalue weighted by Gasteiger charge is -2.18. The Bertz CT molecular complexity index is 823. The number of benzene rings is 1. The number of carbonyl (C=O) groups is 1. The second kappa shape index (κ2) is 7.87. The van der Waals surface area contributed by atoms with E-state index in [4.69, 9.17) is 4.42 Å².